The zero-order valence-electron chi connectivity index (χ0n) is 7.98. The molecule has 0 bridgehead atoms. The third-order valence-electron chi connectivity index (χ3n) is 1.90. The Morgan fingerprint density at radius 2 is 2.20 bits per heavy atom. The van der Waals surface area contributed by atoms with Crippen LogP contribution < -0.4 is 0 Å². The zero-order chi connectivity index (χ0) is 11.3. The quantitative estimate of drug-likeness (QED) is 0.612. The van der Waals surface area contributed by atoms with Gasteiger partial charge in [-0.05, 0) is 35.8 Å². The Bertz CT molecular complexity index is 385. The molecule has 2 N–H and O–H groups in total. The Kier molecular flexibility index (Phi) is 4.18. The van der Waals surface area contributed by atoms with E-state index in [1.165, 1.54) is 12.1 Å². The zero-order valence-corrected chi connectivity index (χ0v) is 8.74. The monoisotopic (exact) mass is 226 g/mol. The number of halogens is 1. The summed E-state index contributed by atoms with van der Waals surface area (Å²) in [5.74, 6) is -0.417. The Labute approximate surface area is 92.6 Å². The summed E-state index contributed by atoms with van der Waals surface area (Å²) in [6, 6.07) is 4.76. The number of hydrogen-bond acceptors (Lipinski definition) is 2. The van der Waals surface area contributed by atoms with Gasteiger partial charge in [0.1, 0.15) is 5.75 Å². The van der Waals surface area contributed by atoms with E-state index in [9.17, 15) is 9.90 Å². The van der Waals surface area contributed by atoms with Gasteiger partial charge in [0.15, 0.2) is 0 Å². The van der Waals surface area contributed by atoms with Crippen LogP contribution >= 0.6 is 11.6 Å². The van der Waals surface area contributed by atoms with E-state index in [1.54, 1.807) is 12.1 Å². The molecule has 1 aromatic carbocycles. The molecule has 1 aromatic rings. The highest BCUT2D eigenvalue weighted by Gasteiger charge is 2.01. The second-order valence-corrected chi connectivity index (χ2v) is 3.37. The molecule has 1 rings (SSSR count). The fourth-order valence-corrected chi connectivity index (χ4v) is 1.44. The Morgan fingerprint density at radius 1 is 1.47 bits per heavy atom. The van der Waals surface area contributed by atoms with Crippen LogP contribution in [0.3, 0.4) is 0 Å². The molecule has 80 valence electrons. The SMILES string of the molecule is O=C(O)C=Cc1ccc(O)cc1CCCl. The first-order valence-electron chi connectivity index (χ1n) is 4.42. The number of carboxylic acid groups (broad SMARTS) is 1. The van der Waals surface area contributed by atoms with Crippen molar-refractivity contribution in [1.82, 2.24) is 0 Å². The molecule has 0 unspecified atom stereocenters. The van der Waals surface area contributed by atoms with Gasteiger partial charge in [-0.25, -0.2) is 4.79 Å². The van der Waals surface area contributed by atoms with Crippen LogP contribution in [0.1, 0.15) is 11.1 Å². The molecule has 3 nitrogen and oxygen atoms in total. The van der Waals surface area contributed by atoms with Crippen LogP contribution in [0, 0.1) is 0 Å². The summed E-state index contributed by atoms with van der Waals surface area (Å²) in [4.78, 5) is 10.3. The molecule has 0 aromatic heterocycles. The fourth-order valence-electron chi connectivity index (χ4n) is 1.23. The van der Waals surface area contributed by atoms with Crippen LogP contribution in [0.2, 0.25) is 0 Å². The molecule has 0 aliphatic rings. The molecule has 0 fully saturated rings. The van der Waals surface area contributed by atoms with Crippen molar-refractivity contribution < 1.29 is 15.0 Å². The molecular formula is C11H11ClO3. The first kappa shape index (κ1) is 11.6. The van der Waals surface area contributed by atoms with Gasteiger partial charge < -0.3 is 10.2 Å². The van der Waals surface area contributed by atoms with E-state index in [0.29, 0.717) is 12.3 Å². The first-order valence-corrected chi connectivity index (χ1v) is 4.96. The Hall–Kier alpha value is -1.48. The van der Waals surface area contributed by atoms with Crippen molar-refractivity contribution in [2.75, 3.05) is 5.88 Å². The van der Waals surface area contributed by atoms with Gasteiger partial charge in [0.25, 0.3) is 0 Å². The lowest BCUT2D eigenvalue weighted by atomic mass is 10.0. The molecule has 0 saturated heterocycles. The highest BCUT2D eigenvalue weighted by molar-refractivity contribution is 6.18. The van der Waals surface area contributed by atoms with Gasteiger partial charge in [-0.1, -0.05) is 6.07 Å². The lowest BCUT2D eigenvalue weighted by Gasteiger charge is -2.04. The molecule has 0 radical (unpaired) electrons. The maximum absolute atomic E-state index is 10.3. The topological polar surface area (TPSA) is 57.5 Å². The van der Waals surface area contributed by atoms with E-state index < -0.39 is 5.97 Å². The molecule has 0 heterocycles. The third kappa shape index (κ3) is 3.64. The molecule has 0 atom stereocenters. The predicted molar refractivity (Wildman–Crippen MR) is 59.2 cm³/mol. The van der Waals surface area contributed by atoms with Crippen LogP contribution in [-0.2, 0) is 11.2 Å². The lowest BCUT2D eigenvalue weighted by Crippen LogP contribution is -1.92. The molecule has 0 aliphatic heterocycles. The summed E-state index contributed by atoms with van der Waals surface area (Å²) in [5, 5.41) is 17.7. The van der Waals surface area contributed by atoms with Crippen LogP contribution in [-0.4, -0.2) is 22.1 Å². The van der Waals surface area contributed by atoms with Gasteiger partial charge in [0, 0.05) is 12.0 Å². The summed E-state index contributed by atoms with van der Waals surface area (Å²) in [6.45, 7) is 0. The van der Waals surface area contributed by atoms with Crippen molar-refractivity contribution in [3.8, 4) is 5.75 Å². The van der Waals surface area contributed by atoms with E-state index in [1.807, 2.05) is 0 Å². The standard InChI is InChI=1S/C11H11ClO3/c12-6-5-9-7-10(13)3-1-8(9)2-4-11(14)15/h1-4,7,13H,5-6H2,(H,14,15). The number of aliphatic carboxylic acids is 1. The number of rotatable bonds is 4. The Balaban J connectivity index is 3.00. The van der Waals surface area contributed by atoms with Crippen molar-refractivity contribution in [2.45, 2.75) is 6.42 Å². The minimum absolute atomic E-state index is 0.155. The lowest BCUT2D eigenvalue weighted by molar-refractivity contribution is -0.131. The average Bonchev–Trinajstić information content (AvgIpc) is 2.17. The van der Waals surface area contributed by atoms with Gasteiger partial charge in [0.05, 0.1) is 0 Å². The molecule has 0 saturated carbocycles. The van der Waals surface area contributed by atoms with E-state index >= 15 is 0 Å². The van der Waals surface area contributed by atoms with Crippen molar-refractivity contribution in [1.29, 1.82) is 0 Å². The number of carboxylic acids is 1. The van der Waals surface area contributed by atoms with Crippen molar-refractivity contribution in [3.63, 3.8) is 0 Å². The van der Waals surface area contributed by atoms with Crippen molar-refractivity contribution >= 4 is 23.6 Å². The van der Waals surface area contributed by atoms with Crippen LogP contribution in [0.25, 0.3) is 6.08 Å². The maximum atomic E-state index is 10.3. The van der Waals surface area contributed by atoms with Crippen molar-refractivity contribution in [3.05, 3.63) is 35.4 Å². The fraction of sp³-hybridized carbons (Fsp3) is 0.182. The number of phenolic OH excluding ortho intramolecular Hbond substituents is 1. The number of phenols is 1. The summed E-state index contributed by atoms with van der Waals surface area (Å²) in [5.41, 5.74) is 1.60. The second-order valence-electron chi connectivity index (χ2n) is 2.99. The number of aryl methyl sites for hydroxylation is 1. The minimum atomic E-state index is -1.00. The van der Waals surface area contributed by atoms with Crippen LogP contribution in [0.5, 0.6) is 5.75 Å². The molecule has 4 heteroatoms. The maximum Gasteiger partial charge on any atom is 0.328 e. The van der Waals surface area contributed by atoms with E-state index in [-0.39, 0.29) is 5.75 Å². The predicted octanol–water partition coefficient (Wildman–Crippen LogP) is 2.27. The first-order chi connectivity index (χ1) is 7.13. The average molecular weight is 227 g/mol. The summed E-state index contributed by atoms with van der Waals surface area (Å²) in [6.07, 6.45) is 3.14. The Morgan fingerprint density at radius 3 is 2.80 bits per heavy atom. The number of alkyl halides is 1. The van der Waals surface area contributed by atoms with E-state index in [4.69, 9.17) is 16.7 Å². The van der Waals surface area contributed by atoms with Crippen molar-refractivity contribution in [2.24, 2.45) is 0 Å². The molecule has 15 heavy (non-hydrogen) atoms. The molecule has 0 amide bonds. The van der Waals surface area contributed by atoms with Gasteiger partial charge in [0.2, 0.25) is 0 Å². The smallest absolute Gasteiger partial charge is 0.328 e. The number of carbonyl (C=O) groups is 1. The van der Waals surface area contributed by atoms with E-state index in [0.717, 1.165) is 17.2 Å². The second kappa shape index (κ2) is 5.41. The largest absolute Gasteiger partial charge is 0.508 e. The highest BCUT2D eigenvalue weighted by atomic mass is 35.5. The molecule has 0 aliphatic carbocycles. The summed E-state index contributed by atoms with van der Waals surface area (Å²) in [7, 11) is 0. The molecule has 0 spiro atoms. The number of hydrogen-bond donors (Lipinski definition) is 2. The normalized spacial score (nSPS) is 10.7. The van der Waals surface area contributed by atoms with E-state index in [2.05, 4.69) is 0 Å². The van der Waals surface area contributed by atoms with Gasteiger partial charge in [-0.2, -0.15) is 0 Å². The minimum Gasteiger partial charge on any atom is -0.508 e. The molecular weight excluding hydrogens is 216 g/mol. The van der Waals surface area contributed by atoms with Gasteiger partial charge in [-0.15, -0.1) is 11.6 Å². The number of benzene rings is 1. The summed E-state index contributed by atoms with van der Waals surface area (Å²) >= 11 is 5.60. The summed E-state index contributed by atoms with van der Waals surface area (Å²) < 4.78 is 0. The highest BCUT2D eigenvalue weighted by Crippen LogP contribution is 2.18. The van der Waals surface area contributed by atoms with Gasteiger partial charge >= 0.3 is 5.97 Å². The van der Waals surface area contributed by atoms with Gasteiger partial charge in [-0.3, -0.25) is 0 Å². The number of aromatic hydroxyl groups is 1. The van der Waals surface area contributed by atoms with Crippen LogP contribution in [0.4, 0.5) is 0 Å². The van der Waals surface area contributed by atoms with Crippen LogP contribution in [0.15, 0.2) is 24.3 Å². The third-order valence-corrected chi connectivity index (χ3v) is 2.08.